The molecule has 3 heteroatoms. The molecule has 0 aromatic rings. The van der Waals surface area contributed by atoms with E-state index in [0.717, 1.165) is 45.1 Å². The van der Waals surface area contributed by atoms with Gasteiger partial charge in [-0.25, -0.2) is 0 Å². The smallest absolute Gasteiger partial charge is 0.157 e. The molecule has 0 radical (unpaired) electrons. The highest BCUT2D eigenvalue weighted by Gasteiger charge is 2.24. The summed E-state index contributed by atoms with van der Waals surface area (Å²) >= 11 is 0. The van der Waals surface area contributed by atoms with Crippen molar-refractivity contribution in [3.05, 3.63) is 0 Å². The summed E-state index contributed by atoms with van der Waals surface area (Å²) in [6.07, 6.45) is 7.35. The maximum atomic E-state index is 9.49. The van der Waals surface area contributed by atoms with Crippen LogP contribution in [0.3, 0.4) is 0 Å². The van der Waals surface area contributed by atoms with E-state index in [1.165, 1.54) is 6.42 Å². The minimum absolute atomic E-state index is 0.000880. The van der Waals surface area contributed by atoms with Crippen LogP contribution in [0.15, 0.2) is 0 Å². The van der Waals surface area contributed by atoms with Crippen molar-refractivity contribution in [1.82, 2.24) is 0 Å². The van der Waals surface area contributed by atoms with E-state index in [0.29, 0.717) is 0 Å². The van der Waals surface area contributed by atoms with E-state index in [-0.39, 0.29) is 18.5 Å². The largest absolute Gasteiger partial charge is 0.393 e. The van der Waals surface area contributed by atoms with Crippen molar-refractivity contribution < 1.29 is 14.6 Å². The summed E-state index contributed by atoms with van der Waals surface area (Å²) in [6.45, 7) is 0.833. The summed E-state index contributed by atoms with van der Waals surface area (Å²) in [5.74, 6) is 0. The average Bonchev–Trinajstić information content (AvgIpc) is 2.19. The highest BCUT2D eigenvalue weighted by Crippen LogP contribution is 2.24. The second kappa shape index (κ2) is 5.10. The summed E-state index contributed by atoms with van der Waals surface area (Å²) in [6, 6.07) is 0. The number of rotatable bonds is 2. The Kier molecular flexibility index (Phi) is 3.79. The predicted molar refractivity (Wildman–Crippen MR) is 52.9 cm³/mol. The summed E-state index contributed by atoms with van der Waals surface area (Å²) in [5.41, 5.74) is 0. The molecule has 2 aliphatic rings. The van der Waals surface area contributed by atoms with Crippen LogP contribution in [-0.2, 0) is 9.47 Å². The predicted octanol–water partition coefficient (Wildman–Crippen LogP) is 1.83. The summed E-state index contributed by atoms with van der Waals surface area (Å²) in [4.78, 5) is 0. The van der Waals surface area contributed by atoms with Crippen LogP contribution in [0.25, 0.3) is 0 Å². The maximum Gasteiger partial charge on any atom is 0.157 e. The Morgan fingerprint density at radius 3 is 2.71 bits per heavy atom. The molecule has 3 nitrogen and oxygen atoms in total. The average molecular weight is 200 g/mol. The maximum absolute atomic E-state index is 9.49. The van der Waals surface area contributed by atoms with Gasteiger partial charge in [-0.3, -0.25) is 0 Å². The minimum atomic E-state index is -0.155. The molecule has 1 saturated carbocycles. The Morgan fingerprint density at radius 2 is 2.00 bits per heavy atom. The lowest BCUT2D eigenvalue weighted by Gasteiger charge is -2.31. The van der Waals surface area contributed by atoms with Gasteiger partial charge in [0.05, 0.1) is 12.2 Å². The Morgan fingerprint density at radius 1 is 1.07 bits per heavy atom. The van der Waals surface area contributed by atoms with E-state index < -0.39 is 0 Å². The van der Waals surface area contributed by atoms with Crippen molar-refractivity contribution in [1.29, 1.82) is 0 Å². The lowest BCUT2D eigenvalue weighted by molar-refractivity contribution is -0.198. The van der Waals surface area contributed by atoms with Gasteiger partial charge >= 0.3 is 0 Å². The van der Waals surface area contributed by atoms with Crippen molar-refractivity contribution in [3.63, 3.8) is 0 Å². The summed E-state index contributed by atoms with van der Waals surface area (Å²) < 4.78 is 11.3. The molecule has 1 heterocycles. The number of hydrogen-bond donors (Lipinski definition) is 1. The first-order valence-electron chi connectivity index (χ1n) is 5.80. The molecule has 2 fully saturated rings. The molecule has 14 heavy (non-hydrogen) atoms. The normalized spacial score (nSPS) is 39.6. The molecule has 0 spiro atoms. The molecule has 82 valence electrons. The van der Waals surface area contributed by atoms with Gasteiger partial charge < -0.3 is 14.6 Å². The fourth-order valence-electron chi connectivity index (χ4n) is 2.28. The van der Waals surface area contributed by atoms with Gasteiger partial charge in [-0.15, -0.1) is 0 Å². The molecule has 0 aromatic heterocycles. The van der Waals surface area contributed by atoms with Gasteiger partial charge in [-0.2, -0.15) is 0 Å². The second-order valence-electron chi connectivity index (χ2n) is 4.37. The van der Waals surface area contributed by atoms with E-state index in [4.69, 9.17) is 9.47 Å². The molecule has 0 amide bonds. The van der Waals surface area contributed by atoms with E-state index >= 15 is 0 Å². The molecule has 2 rings (SSSR count). The molecule has 0 aromatic carbocycles. The highest BCUT2D eigenvalue weighted by atomic mass is 16.7. The topological polar surface area (TPSA) is 38.7 Å². The van der Waals surface area contributed by atoms with Gasteiger partial charge in [-0.1, -0.05) is 0 Å². The third-order valence-corrected chi connectivity index (χ3v) is 3.08. The van der Waals surface area contributed by atoms with Crippen molar-refractivity contribution in [2.45, 2.75) is 63.4 Å². The van der Waals surface area contributed by atoms with Crippen LogP contribution in [0.1, 0.15) is 44.9 Å². The summed E-state index contributed by atoms with van der Waals surface area (Å²) in [5, 5.41) is 9.49. The van der Waals surface area contributed by atoms with Crippen molar-refractivity contribution in [2.75, 3.05) is 6.61 Å². The van der Waals surface area contributed by atoms with Gasteiger partial charge in [0.2, 0.25) is 0 Å². The SMILES string of the molecule is O[C@H]1CCC[C@@H](OC2CCCCO2)C1. The number of aliphatic hydroxyl groups is 1. The van der Waals surface area contributed by atoms with Gasteiger partial charge in [0.1, 0.15) is 0 Å². The first-order chi connectivity index (χ1) is 6.84. The molecule has 1 saturated heterocycles. The molecule has 1 N–H and O–H groups in total. The zero-order chi connectivity index (χ0) is 9.80. The van der Waals surface area contributed by atoms with Gasteiger partial charge in [0.15, 0.2) is 6.29 Å². The number of aliphatic hydroxyl groups excluding tert-OH is 1. The summed E-state index contributed by atoms with van der Waals surface area (Å²) in [7, 11) is 0. The third-order valence-electron chi connectivity index (χ3n) is 3.08. The van der Waals surface area contributed by atoms with E-state index in [9.17, 15) is 5.11 Å². The van der Waals surface area contributed by atoms with E-state index in [1.54, 1.807) is 0 Å². The molecule has 0 bridgehead atoms. The molecule has 1 aliphatic heterocycles. The molecular weight excluding hydrogens is 180 g/mol. The Balaban J connectivity index is 1.72. The lowest BCUT2D eigenvalue weighted by atomic mass is 9.95. The lowest BCUT2D eigenvalue weighted by Crippen LogP contribution is -2.32. The standard InChI is InChI=1S/C11H20O3/c12-9-4-3-5-10(8-9)14-11-6-1-2-7-13-11/h9-12H,1-8H2/t9-,10+,11?/m0/s1. The van der Waals surface area contributed by atoms with Crippen LogP contribution < -0.4 is 0 Å². The quantitative estimate of drug-likeness (QED) is 0.739. The monoisotopic (exact) mass is 200 g/mol. The van der Waals surface area contributed by atoms with Crippen molar-refractivity contribution >= 4 is 0 Å². The molecule has 1 aliphatic carbocycles. The van der Waals surface area contributed by atoms with E-state index in [1.807, 2.05) is 0 Å². The van der Waals surface area contributed by atoms with Crippen LogP contribution in [0.4, 0.5) is 0 Å². The Hall–Kier alpha value is -0.120. The Labute approximate surface area is 85.4 Å². The van der Waals surface area contributed by atoms with Crippen LogP contribution in [-0.4, -0.2) is 30.2 Å². The fraction of sp³-hybridized carbons (Fsp3) is 1.00. The van der Waals surface area contributed by atoms with Crippen LogP contribution in [0, 0.1) is 0 Å². The zero-order valence-corrected chi connectivity index (χ0v) is 8.65. The van der Waals surface area contributed by atoms with Crippen molar-refractivity contribution in [3.8, 4) is 0 Å². The van der Waals surface area contributed by atoms with Crippen LogP contribution >= 0.6 is 0 Å². The molecule has 3 atom stereocenters. The zero-order valence-electron chi connectivity index (χ0n) is 8.65. The number of ether oxygens (including phenoxy) is 2. The minimum Gasteiger partial charge on any atom is -0.393 e. The van der Waals surface area contributed by atoms with Crippen LogP contribution in [0.2, 0.25) is 0 Å². The first kappa shape index (κ1) is 10.4. The Bertz CT molecular complexity index is 166. The van der Waals surface area contributed by atoms with Gasteiger partial charge in [0, 0.05) is 6.61 Å². The molecular formula is C11H20O3. The second-order valence-corrected chi connectivity index (χ2v) is 4.37. The third kappa shape index (κ3) is 2.94. The van der Waals surface area contributed by atoms with Crippen LogP contribution in [0.5, 0.6) is 0 Å². The van der Waals surface area contributed by atoms with Gasteiger partial charge in [-0.05, 0) is 44.9 Å². The first-order valence-corrected chi connectivity index (χ1v) is 5.80. The molecule has 1 unspecified atom stereocenters. The van der Waals surface area contributed by atoms with Gasteiger partial charge in [0.25, 0.3) is 0 Å². The highest BCUT2D eigenvalue weighted by molar-refractivity contribution is 4.73. The number of hydrogen-bond acceptors (Lipinski definition) is 3. The fourth-order valence-corrected chi connectivity index (χ4v) is 2.28. The van der Waals surface area contributed by atoms with E-state index in [2.05, 4.69) is 0 Å². The van der Waals surface area contributed by atoms with Crippen molar-refractivity contribution in [2.24, 2.45) is 0 Å².